The fourth-order valence-corrected chi connectivity index (χ4v) is 4.57. The van der Waals surface area contributed by atoms with Crippen LogP contribution in [-0.4, -0.2) is 47.9 Å². The quantitative estimate of drug-likeness (QED) is 0.812. The van der Waals surface area contributed by atoms with E-state index in [1.165, 1.54) is 21.0 Å². The van der Waals surface area contributed by atoms with Crippen LogP contribution in [0.15, 0.2) is 5.38 Å². The number of rotatable bonds is 6. The van der Waals surface area contributed by atoms with Gasteiger partial charge in [0.25, 0.3) is 10.2 Å². The zero-order valence-electron chi connectivity index (χ0n) is 11.8. The summed E-state index contributed by atoms with van der Waals surface area (Å²) in [6.07, 6.45) is 3.22. The molecule has 1 aromatic rings. The number of piperidine rings is 1. The van der Waals surface area contributed by atoms with Crippen molar-refractivity contribution in [3.63, 3.8) is 0 Å². The molecule has 9 heteroatoms. The van der Waals surface area contributed by atoms with Gasteiger partial charge in [-0.25, -0.2) is 14.5 Å². The van der Waals surface area contributed by atoms with Crippen molar-refractivity contribution >= 4 is 27.5 Å². The third-order valence-electron chi connectivity index (χ3n) is 3.44. The summed E-state index contributed by atoms with van der Waals surface area (Å²) in [5.41, 5.74) is 0.00232. The number of carbonyl (C=O) groups is 1. The van der Waals surface area contributed by atoms with Crippen LogP contribution in [0.5, 0.6) is 0 Å². The van der Waals surface area contributed by atoms with Gasteiger partial charge in [0.15, 0.2) is 5.69 Å². The topological polar surface area (TPSA) is 99.6 Å². The third kappa shape index (κ3) is 4.22. The number of aromatic carboxylic acids is 1. The van der Waals surface area contributed by atoms with Crippen molar-refractivity contribution in [3.05, 3.63) is 16.1 Å². The predicted molar refractivity (Wildman–Crippen MR) is 79.7 cm³/mol. The van der Waals surface area contributed by atoms with Gasteiger partial charge in [-0.15, -0.1) is 11.3 Å². The van der Waals surface area contributed by atoms with Crippen molar-refractivity contribution in [1.82, 2.24) is 14.0 Å². The number of thiazole rings is 1. The standard InChI is InChI=1S/C12H19N3O4S2/c1-9-4-2-3-7-15(9)21(18,19)13-6-5-11-14-10(8-20-11)12(16)17/h8-9,13H,2-7H2,1H3,(H,16,17). The van der Waals surface area contributed by atoms with Gasteiger partial charge in [0.2, 0.25) is 0 Å². The summed E-state index contributed by atoms with van der Waals surface area (Å²) in [7, 11) is -3.47. The second-order valence-corrected chi connectivity index (χ2v) is 7.69. The van der Waals surface area contributed by atoms with Gasteiger partial charge in [-0.1, -0.05) is 6.42 Å². The van der Waals surface area contributed by atoms with Crippen molar-refractivity contribution in [2.75, 3.05) is 13.1 Å². The first-order valence-corrected chi connectivity index (χ1v) is 9.16. The molecule has 0 saturated carbocycles. The zero-order valence-corrected chi connectivity index (χ0v) is 13.4. The van der Waals surface area contributed by atoms with Crippen molar-refractivity contribution in [2.45, 2.75) is 38.6 Å². The third-order valence-corrected chi connectivity index (χ3v) is 6.08. The normalized spacial score (nSPS) is 20.5. The van der Waals surface area contributed by atoms with E-state index in [0.717, 1.165) is 19.3 Å². The van der Waals surface area contributed by atoms with Gasteiger partial charge in [-0.05, 0) is 19.8 Å². The second-order valence-electron chi connectivity index (χ2n) is 5.04. The number of nitrogens with one attached hydrogen (secondary N) is 1. The lowest BCUT2D eigenvalue weighted by atomic mass is 10.1. The minimum Gasteiger partial charge on any atom is -0.476 e. The average Bonchev–Trinajstić information content (AvgIpc) is 2.88. The van der Waals surface area contributed by atoms with E-state index in [0.29, 0.717) is 18.0 Å². The summed E-state index contributed by atoms with van der Waals surface area (Å²) in [5.74, 6) is -1.07. The highest BCUT2D eigenvalue weighted by molar-refractivity contribution is 7.87. The first kappa shape index (κ1) is 16.3. The van der Waals surface area contributed by atoms with Crippen LogP contribution in [-0.2, 0) is 16.6 Å². The Kier molecular flexibility index (Phi) is 5.31. The van der Waals surface area contributed by atoms with Gasteiger partial charge >= 0.3 is 5.97 Å². The molecule has 0 amide bonds. The highest BCUT2D eigenvalue weighted by atomic mass is 32.2. The molecule has 1 aromatic heterocycles. The van der Waals surface area contributed by atoms with Crippen LogP contribution >= 0.6 is 11.3 Å². The molecule has 1 saturated heterocycles. The Morgan fingerprint density at radius 2 is 2.33 bits per heavy atom. The Balaban J connectivity index is 1.87. The van der Waals surface area contributed by atoms with Crippen molar-refractivity contribution < 1.29 is 18.3 Å². The molecule has 21 heavy (non-hydrogen) atoms. The molecule has 2 N–H and O–H groups in total. The maximum absolute atomic E-state index is 12.2. The fraction of sp³-hybridized carbons (Fsp3) is 0.667. The molecule has 0 spiro atoms. The lowest BCUT2D eigenvalue weighted by molar-refractivity contribution is 0.0691. The monoisotopic (exact) mass is 333 g/mol. The summed E-state index contributed by atoms with van der Waals surface area (Å²) >= 11 is 1.22. The number of nitrogens with zero attached hydrogens (tertiary/aromatic N) is 2. The van der Waals surface area contributed by atoms with E-state index in [-0.39, 0.29) is 18.3 Å². The number of aromatic nitrogens is 1. The number of hydrogen-bond donors (Lipinski definition) is 2. The molecule has 1 fully saturated rings. The van der Waals surface area contributed by atoms with Crippen molar-refractivity contribution in [1.29, 1.82) is 0 Å². The van der Waals surface area contributed by atoms with Crippen LogP contribution in [0.25, 0.3) is 0 Å². The Morgan fingerprint density at radius 1 is 1.57 bits per heavy atom. The molecule has 0 radical (unpaired) electrons. The van der Waals surface area contributed by atoms with Crippen molar-refractivity contribution in [2.24, 2.45) is 0 Å². The van der Waals surface area contributed by atoms with E-state index in [2.05, 4.69) is 9.71 Å². The molecule has 2 rings (SSSR count). The summed E-state index contributed by atoms with van der Waals surface area (Å²) in [5, 5.41) is 10.8. The van der Waals surface area contributed by atoms with Crippen LogP contribution in [0.3, 0.4) is 0 Å². The van der Waals surface area contributed by atoms with Crippen LogP contribution in [0.1, 0.15) is 41.7 Å². The highest BCUT2D eigenvalue weighted by Crippen LogP contribution is 2.19. The van der Waals surface area contributed by atoms with E-state index in [1.54, 1.807) is 0 Å². The molecule has 0 aliphatic carbocycles. The van der Waals surface area contributed by atoms with E-state index in [9.17, 15) is 13.2 Å². The first-order chi connectivity index (χ1) is 9.90. The van der Waals surface area contributed by atoms with Gasteiger partial charge in [-0.3, -0.25) is 0 Å². The van der Waals surface area contributed by atoms with E-state index in [4.69, 9.17) is 5.11 Å². The minimum atomic E-state index is -3.47. The Morgan fingerprint density at radius 3 is 2.95 bits per heavy atom. The molecule has 118 valence electrons. The van der Waals surface area contributed by atoms with Gasteiger partial charge in [0.05, 0.1) is 5.01 Å². The van der Waals surface area contributed by atoms with Crippen molar-refractivity contribution in [3.8, 4) is 0 Å². The van der Waals surface area contributed by atoms with Gasteiger partial charge in [-0.2, -0.15) is 12.7 Å². The molecular weight excluding hydrogens is 314 g/mol. The molecule has 1 atom stereocenters. The average molecular weight is 333 g/mol. The molecule has 2 heterocycles. The molecule has 7 nitrogen and oxygen atoms in total. The second kappa shape index (κ2) is 6.82. The predicted octanol–water partition coefficient (Wildman–Crippen LogP) is 1.09. The smallest absolute Gasteiger partial charge is 0.355 e. The molecule has 0 aromatic carbocycles. The number of carboxylic acid groups (broad SMARTS) is 1. The molecular formula is C12H19N3O4S2. The van der Waals surface area contributed by atoms with Gasteiger partial charge in [0.1, 0.15) is 0 Å². The van der Waals surface area contributed by atoms with E-state index >= 15 is 0 Å². The molecule has 0 bridgehead atoms. The fourth-order valence-electron chi connectivity index (χ4n) is 2.32. The molecule has 1 aliphatic rings. The highest BCUT2D eigenvalue weighted by Gasteiger charge is 2.28. The molecule has 1 aliphatic heterocycles. The number of hydrogen-bond acceptors (Lipinski definition) is 5. The van der Waals surface area contributed by atoms with E-state index in [1.807, 2.05) is 6.92 Å². The van der Waals surface area contributed by atoms with Crippen LogP contribution in [0.2, 0.25) is 0 Å². The van der Waals surface area contributed by atoms with Gasteiger partial charge in [0, 0.05) is 30.9 Å². The van der Waals surface area contributed by atoms with Crippen LogP contribution in [0, 0.1) is 0 Å². The maximum atomic E-state index is 12.2. The lowest BCUT2D eigenvalue weighted by Crippen LogP contribution is -2.48. The lowest BCUT2D eigenvalue weighted by Gasteiger charge is -2.32. The van der Waals surface area contributed by atoms with Crippen LogP contribution < -0.4 is 4.72 Å². The van der Waals surface area contributed by atoms with Crippen LogP contribution in [0.4, 0.5) is 0 Å². The first-order valence-electron chi connectivity index (χ1n) is 6.84. The number of carboxylic acids is 1. The Labute approximate surface area is 128 Å². The summed E-state index contributed by atoms with van der Waals surface area (Å²) < 4.78 is 28.5. The SMILES string of the molecule is CC1CCCCN1S(=O)(=O)NCCc1nc(C(=O)O)cs1. The summed E-state index contributed by atoms with van der Waals surface area (Å²) in [4.78, 5) is 14.6. The maximum Gasteiger partial charge on any atom is 0.355 e. The van der Waals surface area contributed by atoms with E-state index < -0.39 is 16.2 Å². The Hall–Kier alpha value is -1.03. The Bertz CT molecular complexity index is 599. The summed E-state index contributed by atoms with van der Waals surface area (Å²) in [6, 6.07) is 0.0229. The minimum absolute atomic E-state index is 0.00232. The summed E-state index contributed by atoms with van der Waals surface area (Å²) in [6.45, 7) is 2.69. The largest absolute Gasteiger partial charge is 0.476 e. The zero-order chi connectivity index (χ0) is 15.5. The van der Waals surface area contributed by atoms with Gasteiger partial charge < -0.3 is 5.11 Å². The molecule has 1 unspecified atom stereocenters.